The summed E-state index contributed by atoms with van der Waals surface area (Å²) in [4.78, 5) is 0. The van der Waals surface area contributed by atoms with Gasteiger partial charge in [0.2, 0.25) is 0 Å². The quantitative estimate of drug-likeness (QED) is 0.733. The van der Waals surface area contributed by atoms with Gasteiger partial charge < -0.3 is 10.1 Å². The first-order chi connectivity index (χ1) is 9.48. The Morgan fingerprint density at radius 1 is 1.35 bits per heavy atom. The van der Waals surface area contributed by atoms with Crippen molar-refractivity contribution in [2.75, 3.05) is 13.2 Å². The SMILES string of the molecule is CCNCc1cc(C)ccc1OCCCC(C)(C)C#N. The minimum atomic E-state index is -0.261. The van der Waals surface area contributed by atoms with Crippen molar-refractivity contribution in [2.24, 2.45) is 5.41 Å². The van der Waals surface area contributed by atoms with Crippen LogP contribution in [-0.4, -0.2) is 13.2 Å². The van der Waals surface area contributed by atoms with Crippen LogP contribution < -0.4 is 10.1 Å². The summed E-state index contributed by atoms with van der Waals surface area (Å²) >= 11 is 0. The molecule has 1 aromatic carbocycles. The predicted octanol–water partition coefficient (Wildman–Crippen LogP) is 3.81. The zero-order valence-electron chi connectivity index (χ0n) is 13.1. The highest BCUT2D eigenvalue weighted by atomic mass is 16.5. The summed E-state index contributed by atoms with van der Waals surface area (Å²) in [5.74, 6) is 0.950. The van der Waals surface area contributed by atoms with E-state index in [9.17, 15) is 0 Å². The summed E-state index contributed by atoms with van der Waals surface area (Å²) in [6, 6.07) is 8.60. The lowest BCUT2D eigenvalue weighted by Gasteiger charge is -2.16. The molecule has 0 bridgehead atoms. The van der Waals surface area contributed by atoms with Gasteiger partial charge >= 0.3 is 0 Å². The molecule has 0 radical (unpaired) electrons. The van der Waals surface area contributed by atoms with Crippen LogP contribution in [0.5, 0.6) is 5.75 Å². The van der Waals surface area contributed by atoms with E-state index in [-0.39, 0.29) is 5.41 Å². The number of benzene rings is 1. The van der Waals surface area contributed by atoms with Crippen molar-refractivity contribution in [1.29, 1.82) is 5.26 Å². The molecule has 1 rings (SSSR count). The van der Waals surface area contributed by atoms with E-state index in [1.807, 2.05) is 19.9 Å². The third kappa shape index (κ3) is 5.63. The molecule has 0 saturated carbocycles. The maximum atomic E-state index is 8.98. The molecule has 20 heavy (non-hydrogen) atoms. The second kappa shape index (κ2) is 7.91. The van der Waals surface area contributed by atoms with Crippen molar-refractivity contribution in [1.82, 2.24) is 5.32 Å². The summed E-state index contributed by atoms with van der Waals surface area (Å²) in [6.45, 7) is 10.6. The molecule has 0 spiro atoms. The van der Waals surface area contributed by atoms with Gasteiger partial charge in [-0.1, -0.05) is 24.6 Å². The summed E-state index contributed by atoms with van der Waals surface area (Å²) in [5.41, 5.74) is 2.19. The largest absolute Gasteiger partial charge is 0.493 e. The average molecular weight is 274 g/mol. The fourth-order valence-electron chi connectivity index (χ4n) is 2.00. The molecule has 1 N–H and O–H groups in total. The number of rotatable bonds is 8. The Labute approximate surface area is 123 Å². The van der Waals surface area contributed by atoms with E-state index < -0.39 is 0 Å². The number of aryl methyl sites for hydroxylation is 1. The van der Waals surface area contributed by atoms with Gasteiger partial charge in [-0.15, -0.1) is 0 Å². The Balaban J connectivity index is 2.53. The molecule has 0 saturated heterocycles. The van der Waals surface area contributed by atoms with E-state index in [0.29, 0.717) is 6.61 Å². The van der Waals surface area contributed by atoms with E-state index in [1.165, 1.54) is 11.1 Å². The second-order valence-electron chi connectivity index (χ2n) is 5.84. The zero-order valence-corrected chi connectivity index (χ0v) is 13.1. The topological polar surface area (TPSA) is 45.0 Å². The smallest absolute Gasteiger partial charge is 0.123 e. The highest BCUT2D eigenvalue weighted by Gasteiger charge is 2.15. The van der Waals surface area contributed by atoms with E-state index in [0.717, 1.165) is 31.7 Å². The third-order valence-corrected chi connectivity index (χ3v) is 3.29. The van der Waals surface area contributed by atoms with Crippen LogP contribution in [-0.2, 0) is 6.54 Å². The highest BCUT2D eigenvalue weighted by Crippen LogP contribution is 2.23. The van der Waals surface area contributed by atoms with E-state index >= 15 is 0 Å². The second-order valence-corrected chi connectivity index (χ2v) is 5.84. The number of hydrogen-bond acceptors (Lipinski definition) is 3. The summed E-state index contributed by atoms with van der Waals surface area (Å²) in [5, 5.41) is 12.3. The number of nitrogens with one attached hydrogen (secondary N) is 1. The number of ether oxygens (including phenoxy) is 1. The molecule has 1 aromatic rings. The fourth-order valence-corrected chi connectivity index (χ4v) is 2.00. The van der Waals surface area contributed by atoms with Crippen molar-refractivity contribution < 1.29 is 4.74 Å². The number of nitriles is 1. The molecule has 110 valence electrons. The molecule has 0 atom stereocenters. The van der Waals surface area contributed by atoms with Gasteiger partial charge in [0, 0.05) is 12.1 Å². The molecule has 0 aliphatic heterocycles. The number of nitrogens with zero attached hydrogens (tertiary/aromatic N) is 1. The van der Waals surface area contributed by atoms with Gasteiger partial charge in [-0.3, -0.25) is 0 Å². The van der Waals surface area contributed by atoms with Crippen molar-refractivity contribution in [3.63, 3.8) is 0 Å². The molecule has 0 fully saturated rings. The lowest BCUT2D eigenvalue weighted by molar-refractivity contribution is 0.281. The molecule has 3 nitrogen and oxygen atoms in total. The van der Waals surface area contributed by atoms with Gasteiger partial charge in [-0.25, -0.2) is 0 Å². The van der Waals surface area contributed by atoms with Crippen molar-refractivity contribution >= 4 is 0 Å². The maximum Gasteiger partial charge on any atom is 0.123 e. The average Bonchev–Trinajstić information content (AvgIpc) is 2.43. The van der Waals surface area contributed by atoms with Gasteiger partial charge in [0.25, 0.3) is 0 Å². The maximum absolute atomic E-state index is 8.98. The first kappa shape index (κ1) is 16.5. The highest BCUT2D eigenvalue weighted by molar-refractivity contribution is 5.36. The van der Waals surface area contributed by atoms with E-state index in [1.54, 1.807) is 0 Å². The standard InChI is InChI=1S/C17H26N2O/c1-5-19-12-15-11-14(2)7-8-16(15)20-10-6-9-17(3,4)13-18/h7-8,11,19H,5-6,9-10,12H2,1-4H3. The van der Waals surface area contributed by atoms with Gasteiger partial charge in [0.05, 0.1) is 18.1 Å². The van der Waals surface area contributed by atoms with E-state index in [2.05, 4.69) is 37.4 Å². The summed E-state index contributed by atoms with van der Waals surface area (Å²) < 4.78 is 5.88. The molecule has 0 amide bonds. The lowest BCUT2D eigenvalue weighted by atomic mass is 9.90. The minimum absolute atomic E-state index is 0.261. The van der Waals surface area contributed by atoms with Crippen LogP contribution in [0.2, 0.25) is 0 Å². The first-order valence-electron chi connectivity index (χ1n) is 7.33. The van der Waals surface area contributed by atoms with Crippen LogP contribution in [0.4, 0.5) is 0 Å². The molecule has 0 aliphatic rings. The molecular formula is C17H26N2O. The lowest BCUT2D eigenvalue weighted by Crippen LogP contribution is -2.14. The van der Waals surface area contributed by atoms with Crippen LogP contribution >= 0.6 is 0 Å². The Bertz CT molecular complexity index is 461. The molecule has 0 aliphatic carbocycles. The predicted molar refractivity (Wildman–Crippen MR) is 82.7 cm³/mol. The number of hydrogen-bond donors (Lipinski definition) is 1. The Morgan fingerprint density at radius 3 is 2.75 bits per heavy atom. The molecular weight excluding hydrogens is 248 g/mol. The Kier molecular flexibility index (Phi) is 6.54. The van der Waals surface area contributed by atoms with Crippen LogP contribution in [0, 0.1) is 23.7 Å². The van der Waals surface area contributed by atoms with Gasteiger partial charge in [-0.2, -0.15) is 5.26 Å². The van der Waals surface area contributed by atoms with Gasteiger partial charge in [0.15, 0.2) is 0 Å². The first-order valence-corrected chi connectivity index (χ1v) is 7.33. The van der Waals surface area contributed by atoms with Gasteiger partial charge in [0.1, 0.15) is 5.75 Å². The van der Waals surface area contributed by atoms with E-state index in [4.69, 9.17) is 10.00 Å². The van der Waals surface area contributed by atoms with Crippen molar-refractivity contribution in [3.05, 3.63) is 29.3 Å². The molecule has 0 aromatic heterocycles. The van der Waals surface area contributed by atoms with Crippen LogP contribution in [0.15, 0.2) is 18.2 Å². The van der Waals surface area contributed by atoms with Gasteiger partial charge in [-0.05, 0) is 46.2 Å². The summed E-state index contributed by atoms with van der Waals surface area (Å²) in [7, 11) is 0. The Hall–Kier alpha value is -1.53. The van der Waals surface area contributed by atoms with Crippen molar-refractivity contribution in [3.8, 4) is 11.8 Å². The minimum Gasteiger partial charge on any atom is -0.493 e. The van der Waals surface area contributed by atoms with Crippen LogP contribution in [0.1, 0.15) is 44.7 Å². The summed E-state index contributed by atoms with van der Waals surface area (Å²) in [6.07, 6.45) is 1.76. The molecule has 3 heteroatoms. The van der Waals surface area contributed by atoms with Crippen LogP contribution in [0.3, 0.4) is 0 Å². The molecule has 0 heterocycles. The monoisotopic (exact) mass is 274 g/mol. The molecule has 0 unspecified atom stereocenters. The van der Waals surface area contributed by atoms with Crippen LogP contribution in [0.25, 0.3) is 0 Å². The zero-order chi connectivity index (χ0) is 15.0. The third-order valence-electron chi connectivity index (χ3n) is 3.29. The fraction of sp³-hybridized carbons (Fsp3) is 0.588. The van der Waals surface area contributed by atoms with Crippen molar-refractivity contribution in [2.45, 2.75) is 47.1 Å². The Morgan fingerprint density at radius 2 is 2.10 bits per heavy atom. The normalized spacial score (nSPS) is 11.2.